The van der Waals surface area contributed by atoms with E-state index in [0.717, 1.165) is 22.4 Å². The summed E-state index contributed by atoms with van der Waals surface area (Å²) in [5.41, 5.74) is 3.14. The molecule has 0 saturated carbocycles. The number of nitrogens with one attached hydrogen (secondary N) is 1. The summed E-state index contributed by atoms with van der Waals surface area (Å²) in [5.74, 6) is 0.872. The van der Waals surface area contributed by atoms with Gasteiger partial charge in [-0.2, -0.15) is 0 Å². The van der Waals surface area contributed by atoms with Gasteiger partial charge in [0.1, 0.15) is 5.75 Å². The summed E-state index contributed by atoms with van der Waals surface area (Å²) in [5, 5.41) is 2.93. The molecule has 1 amide bonds. The standard InChI is InChI=1S/C17H19NO2/c1-13-10-15(8-9-16(13)20-2)11-17(19)18-12-14-6-4-3-5-7-14/h3-10H,11-12H2,1-2H3,(H,18,19). The summed E-state index contributed by atoms with van der Waals surface area (Å²) in [7, 11) is 1.65. The first kappa shape index (κ1) is 14.1. The number of benzene rings is 2. The Morgan fingerprint density at radius 2 is 1.85 bits per heavy atom. The number of hydrogen-bond donors (Lipinski definition) is 1. The van der Waals surface area contributed by atoms with Gasteiger partial charge >= 0.3 is 0 Å². The molecule has 0 atom stereocenters. The van der Waals surface area contributed by atoms with E-state index in [0.29, 0.717) is 13.0 Å². The van der Waals surface area contributed by atoms with Crippen LogP contribution in [0.1, 0.15) is 16.7 Å². The molecule has 2 rings (SSSR count). The molecule has 0 saturated heterocycles. The fraction of sp³-hybridized carbons (Fsp3) is 0.235. The summed E-state index contributed by atoms with van der Waals surface area (Å²) >= 11 is 0. The van der Waals surface area contributed by atoms with Gasteiger partial charge in [0.2, 0.25) is 5.91 Å². The maximum atomic E-state index is 11.9. The van der Waals surface area contributed by atoms with Crippen molar-refractivity contribution in [1.82, 2.24) is 5.32 Å². The molecule has 0 heterocycles. The highest BCUT2D eigenvalue weighted by atomic mass is 16.5. The number of hydrogen-bond acceptors (Lipinski definition) is 2. The van der Waals surface area contributed by atoms with E-state index in [2.05, 4.69) is 5.32 Å². The molecular weight excluding hydrogens is 250 g/mol. The minimum Gasteiger partial charge on any atom is -0.496 e. The quantitative estimate of drug-likeness (QED) is 0.906. The third kappa shape index (κ3) is 3.85. The number of rotatable bonds is 5. The van der Waals surface area contributed by atoms with Gasteiger partial charge in [0, 0.05) is 6.54 Å². The molecule has 0 aliphatic rings. The molecule has 20 heavy (non-hydrogen) atoms. The van der Waals surface area contributed by atoms with Gasteiger partial charge in [-0.25, -0.2) is 0 Å². The minimum atomic E-state index is 0.0263. The molecule has 0 spiro atoms. The van der Waals surface area contributed by atoms with E-state index in [9.17, 15) is 4.79 Å². The maximum Gasteiger partial charge on any atom is 0.224 e. The summed E-state index contributed by atoms with van der Waals surface area (Å²) in [6.07, 6.45) is 0.387. The molecule has 2 aromatic carbocycles. The van der Waals surface area contributed by atoms with Gasteiger partial charge in [-0.3, -0.25) is 4.79 Å². The van der Waals surface area contributed by atoms with Gasteiger partial charge in [-0.15, -0.1) is 0 Å². The fourth-order valence-electron chi connectivity index (χ4n) is 2.09. The van der Waals surface area contributed by atoms with E-state index in [4.69, 9.17) is 4.74 Å². The van der Waals surface area contributed by atoms with E-state index in [1.54, 1.807) is 7.11 Å². The van der Waals surface area contributed by atoms with Gasteiger partial charge in [-0.05, 0) is 29.7 Å². The molecule has 0 fully saturated rings. The van der Waals surface area contributed by atoms with E-state index in [1.807, 2.05) is 55.5 Å². The van der Waals surface area contributed by atoms with Crippen LogP contribution >= 0.6 is 0 Å². The lowest BCUT2D eigenvalue weighted by Crippen LogP contribution is -2.24. The van der Waals surface area contributed by atoms with Crippen molar-refractivity contribution in [3.05, 3.63) is 65.2 Å². The van der Waals surface area contributed by atoms with Crippen LogP contribution in [-0.4, -0.2) is 13.0 Å². The van der Waals surface area contributed by atoms with Crippen LogP contribution in [0.25, 0.3) is 0 Å². The molecule has 3 nitrogen and oxygen atoms in total. The van der Waals surface area contributed by atoms with Crippen LogP contribution in [0.4, 0.5) is 0 Å². The predicted molar refractivity (Wildman–Crippen MR) is 79.7 cm³/mol. The zero-order valence-corrected chi connectivity index (χ0v) is 11.8. The van der Waals surface area contributed by atoms with Gasteiger partial charge in [-0.1, -0.05) is 42.5 Å². The SMILES string of the molecule is COc1ccc(CC(=O)NCc2ccccc2)cc1C. The van der Waals surface area contributed by atoms with Crippen LogP contribution in [0.5, 0.6) is 5.75 Å². The third-order valence-electron chi connectivity index (χ3n) is 3.16. The van der Waals surface area contributed by atoms with Crippen LogP contribution in [0.15, 0.2) is 48.5 Å². The van der Waals surface area contributed by atoms with Crippen LogP contribution in [0, 0.1) is 6.92 Å². The lowest BCUT2D eigenvalue weighted by Gasteiger charge is -2.08. The Bertz CT molecular complexity index is 579. The smallest absolute Gasteiger partial charge is 0.224 e. The Morgan fingerprint density at radius 3 is 2.50 bits per heavy atom. The van der Waals surface area contributed by atoms with Crippen molar-refractivity contribution in [2.24, 2.45) is 0 Å². The second-order valence-electron chi connectivity index (χ2n) is 4.74. The Kier molecular flexibility index (Phi) is 4.77. The molecule has 2 aromatic rings. The molecule has 0 unspecified atom stereocenters. The average Bonchev–Trinajstić information content (AvgIpc) is 2.46. The Morgan fingerprint density at radius 1 is 1.10 bits per heavy atom. The monoisotopic (exact) mass is 269 g/mol. The largest absolute Gasteiger partial charge is 0.496 e. The molecule has 3 heteroatoms. The number of amides is 1. The number of carbonyl (C=O) groups is 1. The Balaban J connectivity index is 1.90. The highest BCUT2D eigenvalue weighted by molar-refractivity contribution is 5.78. The van der Waals surface area contributed by atoms with Crippen molar-refractivity contribution in [2.45, 2.75) is 19.9 Å². The molecule has 0 aromatic heterocycles. The molecule has 104 valence electrons. The maximum absolute atomic E-state index is 11.9. The lowest BCUT2D eigenvalue weighted by molar-refractivity contribution is -0.120. The fourth-order valence-corrected chi connectivity index (χ4v) is 2.09. The second kappa shape index (κ2) is 6.75. The van der Waals surface area contributed by atoms with Gasteiger partial charge < -0.3 is 10.1 Å². The normalized spacial score (nSPS) is 10.1. The van der Waals surface area contributed by atoms with E-state index >= 15 is 0 Å². The summed E-state index contributed by atoms with van der Waals surface area (Å²) in [6, 6.07) is 15.7. The topological polar surface area (TPSA) is 38.3 Å². The van der Waals surface area contributed by atoms with Gasteiger partial charge in [0.05, 0.1) is 13.5 Å². The van der Waals surface area contributed by atoms with Crippen molar-refractivity contribution >= 4 is 5.91 Å². The van der Waals surface area contributed by atoms with Gasteiger partial charge in [0.25, 0.3) is 0 Å². The Labute approximate surface area is 119 Å². The lowest BCUT2D eigenvalue weighted by atomic mass is 10.1. The van der Waals surface area contributed by atoms with Crippen LogP contribution in [0.3, 0.4) is 0 Å². The minimum absolute atomic E-state index is 0.0263. The number of aryl methyl sites for hydroxylation is 1. The molecule has 0 radical (unpaired) electrons. The van der Waals surface area contributed by atoms with Crippen LogP contribution in [0.2, 0.25) is 0 Å². The summed E-state index contributed by atoms with van der Waals surface area (Å²) < 4.78 is 5.21. The number of methoxy groups -OCH3 is 1. The first-order chi connectivity index (χ1) is 9.69. The molecule has 0 aliphatic heterocycles. The van der Waals surface area contributed by atoms with Gasteiger partial charge in [0.15, 0.2) is 0 Å². The molecule has 1 N–H and O–H groups in total. The first-order valence-electron chi connectivity index (χ1n) is 6.63. The van der Waals surface area contributed by atoms with Crippen molar-refractivity contribution in [2.75, 3.05) is 7.11 Å². The zero-order valence-electron chi connectivity index (χ0n) is 11.8. The summed E-state index contributed by atoms with van der Waals surface area (Å²) in [6.45, 7) is 2.54. The average molecular weight is 269 g/mol. The zero-order chi connectivity index (χ0) is 14.4. The summed E-state index contributed by atoms with van der Waals surface area (Å²) in [4.78, 5) is 11.9. The van der Waals surface area contributed by atoms with Crippen molar-refractivity contribution in [3.8, 4) is 5.75 Å². The number of carbonyl (C=O) groups excluding carboxylic acids is 1. The van der Waals surface area contributed by atoms with Crippen molar-refractivity contribution < 1.29 is 9.53 Å². The molecular formula is C17H19NO2. The second-order valence-corrected chi connectivity index (χ2v) is 4.74. The third-order valence-corrected chi connectivity index (χ3v) is 3.16. The highest BCUT2D eigenvalue weighted by Crippen LogP contribution is 2.18. The van der Waals surface area contributed by atoms with Crippen molar-refractivity contribution in [3.63, 3.8) is 0 Å². The van der Waals surface area contributed by atoms with Crippen molar-refractivity contribution in [1.29, 1.82) is 0 Å². The Hall–Kier alpha value is -2.29. The van der Waals surface area contributed by atoms with E-state index in [-0.39, 0.29) is 5.91 Å². The highest BCUT2D eigenvalue weighted by Gasteiger charge is 2.05. The van der Waals surface area contributed by atoms with E-state index in [1.165, 1.54) is 0 Å². The van der Waals surface area contributed by atoms with E-state index < -0.39 is 0 Å². The van der Waals surface area contributed by atoms with Crippen LogP contribution < -0.4 is 10.1 Å². The predicted octanol–water partition coefficient (Wildman–Crippen LogP) is 2.86. The molecule has 0 bridgehead atoms. The number of ether oxygens (including phenoxy) is 1. The van der Waals surface area contributed by atoms with Crippen LogP contribution in [-0.2, 0) is 17.8 Å². The first-order valence-corrected chi connectivity index (χ1v) is 6.63. The molecule has 0 aliphatic carbocycles.